The molecular weight excluding hydrogens is 324 g/mol. The fraction of sp³-hybridized carbons (Fsp3) is 0.500. The normalized spacial score (nSPS) is 10.7. The minimum absolute atomic E-state index is 0.215. The number of aromatic nitrogens is 2. The largest absolute Gasteiger partial charge is 0.493 e. The van der Waals surface area contributed by atoms with E-state index in [1.807, 2.05) is 6.07 Å². The van der Waals surface area contributed by atoms with Crippen LogP contribution in [0, 0.1) is 6.92 Å². The first-order valence-electron chi connectivity index (χ1n) is 8.30. The van der Waals surface area contributed by atoms with E-state index in [0.717, 1.165) is 10.9 Å². The number of carbonyl (C=O) groups excluding carboxylic acids is 1. The molecule has 0 atom stereocenters. The van der Waals surface area contributed by atoms with E-state index in [1.54, 1.807) is 38.7 Å². The third-order valence-corrected chi connectivity index (χ3v) is 3.99. The molecule has 0 N–H and O–H groups in total. The van der Waals surface area contributed by atoms with Gasteiger partial charge in [-0.2, -0.15) is 4.98 Å². The number of methoxy groups -OCH3 is 2. The van der Waals surface area contributed by atoms with Crippen molar-refractivity contribution in [3.63, 3.8) is 0 Å². The van der Waals surface area contributed by atoms with E-state index in [9.17, 15) is 9.59 Å². The van der Waals surface area contributed by atoms with E-state index in [-0.39, 0.29) is 11.7 Å². The van der Waals surface area contributed by atoms with Gasteiger partial charge in [-0.05, 0) is 32.8 Å². The highest BCUT2D eigenvalue weighted by atomic mass is 16.5. The number of rotatable bonds is 8. The van der Waals surface area contributed by atoms with E-state index in [1.165, 1.54) is 0 Å². The summed E-state index contributed by atoms with van der Waals surface area (Å²) in [5.74, 6) is 0.931. The number of carbonyl (C=O) groups is 1. The lowest BCUT2D eigenvalue weighted by atomic mass is 10.1. The van der Waals surface area contributed by atoms with Crippen LogP contribution in [0.25, 0.3) is 10.9 Å². The van der Waals surface area contributed by atoms with E-state index in [0.29, 0.717) is 49.6 Å². The Morgan fingerprint density at radius 2 is 1.84 bits per heavy atom. The minimum Gasteiger partial charge on any atom is -0.493 e. The zero-order chi connectivity index (χ0) is 18.4. The zero-order valence-electron chi connectivity index (χ0n) is 15.1. The highest BCUT2D eigenvalue weighted by Gasteiger charge is 2.13. The van der Waals surface area contributed by atoms with Crippen molar-refractivity contribution in [1.29, 1.82) is 0 Å². The van der Waals surface area contributed by atoms with Gasteiger partial charge in [0, 0.05) is 24.4 Å². The van der Waals surface area contributed by atoms with Gasteiger partial charge in [0.1, 0.15) is 0 Å². The first kappa shape index (κ1) is 18.8. The van der Waals surface area contributed by atoms with Crippen LogP contribution in [0.1, 0.15) is 31.9 Å². The molecule has 1 aromatic carbocycles. The summed E-state index contributed by atoms with van der Waals surface area (Å²) in [6, 6.07) is 3.61. The van der Waals surface area contributed by atoms with Gasteiger partial charge in [0.05, 0.1) is 32.0 Å². The lowest BCUT2D eigenvalue weighted by Crippen LogP contribution is -2.24. The predicted molar refractivity (Wildman–Crippen MR) is 94.3 cm³/mol. The number of hydrogen-bond acceptors (Lipinski definition) is 6. The molecule has 0 saturated heterocycles. The van der Waals surface area contributed by atoms with Crippen LogP contribution in [0.4, 0.5) is 0 Å². The van der Waals surface area contributed by atoms with Crippen LogP contribution in [-0.4, -0.2) is 36.3 Å². The van der Waals surface area contributed by atoms with E-state index in [4.69, 9.17) is 14.2 Å². The third kappa shape index (κ3) is 4.29. The molecule has 0 saturated carbocycles. The smallest absolute Gasteiger partial charge is 0.348 e. The fourth-order valence-corrected chi connectivity index (χ4v) is 2.74. The van der Waals surface area contributed by atoms with Gasteiger partial charge < -0.3 is 14.2 Å². The highest BCUT2D eigenvalue weighted by Crippen LogP contribution is 2.32. The number of aryl methyl sites for hydroxylation is 2. The zero-order valence-corrected chi connectivity index (χ0v) is 15.1. The fourth-order valence-electron chi connectivity index (χ4n) is 2.74. The molecule has 7 nitrogen and oxygen atoms in total. The van der Waals surface area contributed by atoms with Gasteiger partial charge in [0.25, 0.3) is 0 Å². The molecule has 0 aliphatic rings. The van der Waals surface area contributed by atoms with Crippen molar-refractivity contribution < 1.29 is 19.0 Å². The maximum atomic E-state index is 12.3. The van der Waals surface area contributed by atoms with Crippen molar-refractivity contribution in [1.82, 2.24) is 9.55 Å². The Bertz CT molecular complexity index is 813. The standard InChI is InChI=1S/C18H24N2O5/c1-5-25-17(21)8-6-7-9-20-14-11-16(24-4)15(23-3)10-13(14)12(2)19-18(20)22/h10-11H,5-9H2,1-4H3. The molecule has 1 aromatic heterocycles. The molecule has 2 aromatic rings. The van der Waals surface area contributed by atoms with Gasteiger partial charge in [-0.25, -0.2) is 4.79 Å². The van der Waals surface area contributed by atoms with Crippen molar-refractivity contribution >= 4 is 16.9 Å². The predicted octanol–water partition coefficient (Wildman–Crippen LogP) is 2.46. The molecule has 0 amide bonds. The van der Waals surface area contributed by atoms with Crippen molar-refractivity contribution in [3.05, 3.63) is 28.3 Å². The summed E-state index contributed by atoms with van der Waals surface area (Å²) in [4.78, 5) is 27.8. The second-order valence-corrected chi connectivity index (χ2v) is 5.62. The molecule has 0 unspecified atom stereocenters. The Balaban J connectivity index is 2.29. The first-order chi connectivity index (χ1) is 12.0. The van der Waals surface area contributed by atoms with Crippen molar-refractivity contribution in [2.75, 3.05) is 20.8 Å². The molecule has 25 heavy (non-hydrogen) atoms. The highest BCUT2D eigenvalue weighted by molar-refractivity contribution is 5.85. The van der Waals surface area contributed by atoms with Crippen LogP contribution < -0.4 is 15.2 Å². The van der Waals surface area contributed by atoms with Crippen LogP contribution in [0.2, 0.25) is 0 Å². The number of hydrogen-bond donors (Lipinski definition) is 0. The summed E-state index contributed by atoms with van der Waals surface area (Å²) in [5, 5.41) is 0.836. The van der Waals surface area contributed by atoms with Crippen molar-refractivity contribution in [2.24, 2.45) is 0 Å². The topological polar surface area (TPSA) is 79.7 Å². The number of nitrogens with zero attached hydrogens (tertiary/aromatic N) is 2. The second-order valence-electron chi connectivity index (χ2n) is 5.62. The molecular formula is C18H24N2O5. The lowest BCUT2D eigenvalue weighted by Gasteiger charge is -2.14. The number of benzene rings is 1. The average molecular weight is 348 g/mol. The van der Waals surface area contributed by atoms with Gasteiger partial charge in [0.2, 0.25) is 0 Å². The number of esters is 1. The summed E-state index contributed by atoms with van der Waals surface area (Å²) >= 11 is 0. The quantitative estimate of drug-likeness (QED) is 0.538. The van der Waals surface area contributed by atoms with Gasteiger partial charge in [-0.1, -0.05) is 0 Å². The molecule has 0 aliphatic carbocycles. The Morgan fingerprint density at radius 1 is 1.16 bits per heavy atom. The van der Waals surface area contributed by atoms with E-state index < -0.39 is 0 Å². The van der Waals surface area contributed by atoms with Gasteiger partial charge in [0.15, 0.2) is 11.5 Å². The Labute approximate surface area is 146 Å². The molecule has 7 heteroatoms. The van der Waals surface area contributed by atoms with E-state index in [2.05, 4.69) is 4.98 Å². The number of ether oxygens (including phenoxy) is 3. The first-order valence-corrected chi connectivity index (χ1v) is 8.30. The Kier molecular flexibility index (Phi) is 6.38. The van der Waals surface area contributed by atoms with Crippen molar-refractivity contribution in [2.45, 2.75) is 39.7 Å². The van der Waals surface area contributed by atoms with Gasteiger partial charge >= 0.3 is 11.7 Å². The molecule has 1 heterocycles. The summed E-state index contributed by atoms with van der Waals surface area (Å²) < 4.78 is 17.2. The summed E-state index contributed by atoms with van der Waals surface area (Å²) in [6.07, 6.45) is 1.66. The number of unbranched alkanes of at least 4 members (excludes halogenated alkanes) is 1. The summed E-state index contributed by atoms with van der Waals surface area (Å²) in [7, 11) is 3.12. The van der Waals surface area contributed by atoms with Crippen LogP contribution >= 0.6 is 0 Å². The van der Waals surface area contributed by atoms with Crippen LogP contribution in [0.5, 0.6) is 11.5 Å². The average Bonchev–Trinajstić information content (AvgIpc) is 2.60. The van der Waals surface area contributed by atoms with Gasteiger partial charge in [-0.15, -0.1) is 0 Å². The molecule has 0 fully saturated rings. The summed E-state index contributed by atoms with van der Waals surface area (Å²) in [5.41, 5.74) is 1.07. The SMILES string of the molecule is CCOC(=O)CCCCn1c(=O)nc(C)c2cc(OC)c(OC)cc21. The second kappa shape index (κ2) is 8.50. The Morgan fingerprint density at radius 3 is 2.48 bits per heavy atom. The van der Waals surface area contributed by atoms with Crippen LogP contribution in [0.3, 0.4) is 0 Å². The number of fused-ring (bicyclic) bond motifs is 1. The van der Waals surface area contributed by atoms with Crippen LogP contribution in [0.15, 0.2) is 16.9 Å². The molecule has 0 aliphatic heterocycles. The maximum absolute atomic E-state index is 12.3. The molecule has 2 rings (SSSR count). The van der Waals surface area contributed by atoms with Gasteiger partial charge in [-0.3, -0.25) is 9.36 Å². The van der Waals surface area contributed by atoms with Crippen molar-refractivity contribution in [3.8, 4) is 11.5 Å². The summed E-state index contributed by atoms with van der Waals surface area (Å²) in [6.45, 7) is 4.42. The lowest BCUT2D eigenvalue weighted by molar-refractivity contribution is -0.143. The Hall–Kier alpha value is -2.57. The van der Waals surface area contributed by atoms with E-state index >= 15 is 0 Å². The molecule has 0 spiro atoms. The van der Waals surface area contributed by atoms with Crippen LogP contribution in [-0.2, 0) is 16.1 Å². The molecule has 136 valence electrons. The third-order valence-electron chi connectivity index (χ3n) is 3.99. The minimum atomic E-state index is -0.312. The molecule has 0 bridgehead atoms. The maximum Gasteiger partial charge on any atom is 0.348 e. The molecule has 0 radical (unpaired) electrons. The monoisotopic (exact) mass is 348 g/mol.